The molecule has 214 valence electrons. The van der Waals surface area contributed by atoms with Gasteiger partial charge in [0.1, 0.15) is 0 Å². The molecule has 0 bridgehead atoms. The molecule has 2 amide bonds. The second kappa shape index (κ2) is 14.8. The number of anilines is 2. The first kappa shape index (κ1) is 30.2. The van der Waals surface area contributed by atoms with Crippen molar-refractivity contribution in [2.24, 2.45) is 0 Å². The third-order valence-corrected chi connectivity index (χ3v) is 12.7. The van der Waals surface area contributed by atoms with Crippen molar-refractivity contribution in [2.45, 2.75) is 13.2 Å². The second-order valence-corrected chi connectivity index (χ2v) is 14.8. The van der Waals surface area contributed by atoms with Crippen molar-refractivity contribution in [2.75, 3.05) is 10.6 Å². The molecule has 0 atom stereocenters. The summed E-state index contributed by atoms with van der Waals surface area (Å²) in [4.78, 5) is 44.6. The Bertz CT molecular complexity index is 1430. The maximum absolute atomic E-state index is 12.1. The molecule has 14 heteroatoms. The van der Waals surface area contributed by atoms with Crippen LogP contribution in [0.1, 0.15) is 11.1 Å². The molecule has 0 fully saturated rings. The molecular weight excluding hydrogens is 678 g/mol. The molecule has 12 nitrogen and oxygen atoms in total. The summed E-state index contributed by atoms with van der Waals surface area (Å²) in [5.41, 5.74) is 2.40. The molecule has 0 saturated heterocycles. The predicted octanol–water partition coefficient (Wildman–Crippen LogP) is 4.27. The zero-order valence-corrected chi connectivity index (χ0v) is 25.1. The standard InChI is InChI=1S/C28H22N4O8Se2/c33-27(39-17-19-1-9-23(10-2-19)31(35)36)29-21-5-13-25(14-6-21)41-42-26-15-7-22(8-16-26)30-28(34)40-18-20-3-11-24(12-4-20)32(37)38/h1-16H,17-18H2,(H,29,33)(H,30,34). The molecule has 0 heterocycles. The molecule has 0 radical (unpaired) electrons. The Morgan fingerprint density at radius 2 is 0.905 bits per heavy atom. The molecule has 0 aliphatic carbocycles. The molecule has 0 saturated carbocycles. The van der Waals surface area contributed by atoms with E-state index in [-0.39, 0.29) is 50.9 Å². The molecular formula is C28H22N4O8Se2. The van der Waals surface area contributed by atoms with E-state index in [1.165, 1.54) is 48.5 Å². The van der Waals surface area contributed by atoms with E-state index in [0.717, 1.165) is 8.92 Å². The molecule has 4 aromatic carbocycles. The third-order valence-electron chi connectivity index (χ3n) is 5.47. The summed E-state index contributed by atoms with van der Waals surface area (Å²) in [6.45, 7) is -0.0174. The first-order valence-corrected chi connectivity index (χ1v) is 18.2. The number of hydrogen-bond acceptors (Lipinski definition) is 8. The minimum absolute atomic E-state index is 0.00871. The number of nitrogens with one attached hydrogen (secondary N) is 2. The van der Waals surface area contributed by atoms with Crippen molar-refractivity contribution < 1.29 is 28.9 Å². The van der Waals surface area contributed by atoms with Crippen LogP contribution in [0.4, 0.5) is 32.3 Å². The zero-order valence-electron chi connectivity index (χ0n) is 21.6. The van der Waals surface area contributed by atoms with Crippen LogP contribution in [0.15, 0.2) is 97.1 Å². The number of rotatable bonds is 11. The van der Waals surface area contributed by atoms with Gasteiger partial charge in [0.25, 0.3) is 0 Å². The zero-order chi connectivity index (χ0) is 29.9. The van der Waals surface area contributed by atoms with Crippen LogP contribution in [0.25, 0.3) is 0 Å². The summed E-state index contributed by atoms with van der Waals surface area (Å²) >= 11 is 0.390. The fourth-order valence-electron chi connectivity index (χ4n) is 3.32. The van der Waals surface area contributed by atoms with Gasteiger partial charge in [0, 0.05) is 0 Å². The fraction of sp³-hybridized carbons (Fsp3) is 0.0714. The van der Waals surface area contributed by atoms with Crippen LogP contribution in [0.2, 0.25) is 0 Å². The fourth-order valence-corrected chi connectivity index (χ4v) is 9.28. The van der Waals surface area contributed by atoms with Crippen LogP contribution in [0, 0.1) is 20.2 Å². The number of nitrogens with zero attached hydrogens (tertiary/aromatic N) is 2. The van der Waals surface area contributed by atoms with Crippen molar-refractivity contribution >= 4 is 70.1 Å². The van der Waals surface area contributed by atoms with Gasteiger partial charge in [-0.2, -0.15) is 0 Å². The van der Waals surface area contributed by atoms with Gasteiger partial charge in [0.15, 0.2) is 0 Å². The molecule has 2 N–H and O–H groups in total. The Hall–Kier alpha value is -4.74. The summed E-state index contributed by atoms with van der Waals surface area (Å²) in [5, 5.41) is 26.8. The van der Waals surface area contributed by atoms with Crippen molar-refractivity contribution in [3.05, 3.63) is 128 Å². The first-order chi connectivity index (χ1) is 20.2. The number of carbonyl (C=O) groups excluding carboxylic acids is 2. The molecule has 0 aliphatic heterocycles. The summed E-state index contributed by atoms with van der Waals surface area (Å²) < 4.78 is 12.7. The van der Waals surface area contributed by atoms with E-state index in [9.17, 15) is 29.8 Å². The van der Waals surface area contributed by atoms with Gasteiger partial charge < -0.3 is 0 Å². The van der Waals surface area contributed by atoms with Crippen LogP contribution < -0.4 is 19.6 Å². The SMILES string of the molecule is O=C(Nc1ccc([Se][Se]c2ccc(NC(=O)OCc3ccc([N+](=O)[O-])cc3)cc2)cc1)OCc1ccc([N+](=O)[O-])cc1. The summed E-state index contributed by atoms with van der Waals surface area (Å²) in [6, 6.07) is 26.6. The number of nitro benzene ring substituents is 2. The average molecular weight is 700 g/mol. The Morgan fingerprint density at radius 1 is 0.571 bits per heavy atom. The Labute approximate surface area is 250 Å². The number of nitro groups is 2. The Kier molecular flexibility index (Phi) is 10.6. The number of non-ortho nitro benzene ring substituents is 2. The van der Waals surface area contributed by atoms with Gasteiger partial charge in [-0.25, -0.2) is 0 Å². The second-order valence-electron chi connectivity index (χ2n) is 8.46. The molecule has 0 unspecified atom stereocenters. The molecule has 0 spiro atoms. The quantitative estimate of drug-likeness (QED) is 0.133. The van der Waals surface area contributed by atoms with E-state index >= 15 is 0 Å². The van der Waals surface area contributed by atoms with Crippen LogP contribution in [-0.4, -0.2) is 48.3 Å². The first-order valence-electron chi connectivity index (χ1n) is 12.1. The van der Waals surface area contributed by atoms with Crippen LogP contribution in [0.5, 0.6) is 0 Å². The molecule has 0 aliphatic rings. The molecule has 0 aromatic heterocycles. The molecule has 42 heavy (non-hydrogen) atoms. The van der Waals surface area contributed by atoms with Crippen LogP contribution in [-0.2, 0) is 22.7 Å². The van der Waals surface area contributed by atoms with Crippen molar-refractivity contribution in [1.82, 2.24) is 0 Å². The monoisotopic (exact) mass is 702 g/mol. The van der Waals surface area contributed by atoms with Crippen molar-refractivity contribution in [3.8, 4) is 0 Å². The number of hydrogen-bond donors (Lipinski definition) is 2. The summed E-state index contributed by atoms with van der Waals surface area (Å²) in [5.74, 6) is 0. The van der Waals surface area contributed by atoms with Gasteiger partial charge >= 0.3 is 221 Å². The van der Waals surface area contributed by atoms with E-state index in [2.05, 4.69) is 10.6 Å². The third kappa shape index (κ3) is 9.43. The topological polar surface area (TPSA) is 163 Å². The van der Waals surface area contributed by atoms with Gasteiger partial charge in [0.2, 0.25) is 0 Å². The van der Waals surface area contributed by atoms with E-state index in [4.69, 9.17) is 9.47 Å². The number of carbonyl (C=O) groups is 2. The Morgan fingerprint density at radius 3 is 1.21 bits per heavy atom. The van der Waals surface area contributed by atoms with E-state index in [1.54, 1.807) is 24.3 Å². The van der Waals surface area contributed by atoms with Gasteiger partial charge in [-0.15, -0.1) is 0 Å². The number of benzene rings is 4. The van der Waals surface area contributed by atoms with Gasteiger partial charge in [-0.3, -0.25) is 20.2 Å². The summed E-state index contributed by atoms with van der Waals surface area (Å²) in [6.07, 6.45) is -1.25. The maximum atomic E-state index is 12.1. The summed E-state index contributed by atoms with van der Waals surface area (Å²) in [7, 11) is 0. The molecule has 4 aromatic rings. The minimum atomic E-state index is -0.625. The van der Waals surface area contributed by atoms with Gasteiger partial charge in [-0.05, 0) is 0 Å². The average Bonchev–Trinajstić information content (AvgIpc) is 3.00. The molecule has 4 rings (SSSR count). The van der Waals surface area contributed by atoms with E-state index in [0.29, 0.717) is 22.5 Å². The number of amides is 2. The van der Waals surface area contributed by atoms with Crippen LogP contribution >= 0.6 is 0 Å². The van der Waals surface area contributed by atoms with Gasteiger partial charge in [-0.1, -0.05) is 0 Å². The van der Waals surface area contributed by atoms with E-state index in [1.807, 2.05) is 24.3 Å². The van der Waals surface area contributed by atoms with E-state index < -0.39 is 22.0 Å². The number of ether oxygens (including phenoxy) is 2. The van der Waals surface area contributed by atoms with Gasteiger partial charge in [0.05, 0.1) is 9.85 Å². The predicted molar refractivity (Wildman–Crippen MR) is 157 cm³/mol. The van der Waals surface area contributed by atoms with Crippen LogP contribution in [0.3, 0.4) is 0 Å². The van der Waals surface area contributed by atoms with Crippen molar-refractivity contribution in [1.29, 1.82) is 0 Å². The van der Waals surface area contributed by atoms with Crippen molar-refractivity contribution in [3.63, 3.8) is 0 Å². The Balaban J connectivity index is 1.16. The normalized spacial score (nSPS) is 10.4.